The number of ether oxygens (including phenoxy) is 2. The number of nitrogens with zero attached hydrogens (tertiary/aromatic N) is 1. The molecule has 3 rings (SSSR count). The lowest BCUT2D eigenvalue weighted by Gasteiger charge is -2.19. The molecule has 6 heteroatoms. The predicted molar refractivity (Wildman–Crippen MR) is 105 cm³/mol. The molecule has 0 unspecified atom stereocenters. The third kappa shape index (κ3) is 4.47. The molecule has 1 aliphatic rings. The van der Waals surface area contributed by atoms with Gasteiger partial charge in [-0.15, -0.1) is 0 Å². The maximum Gasteiger partial charge on any atom is 0.248 e. The van der Waals surface area contributed by atoms with Gasteiger partial charge in [-0.1, -0.05) is 12.1 Å². The van der Waals surface area contributed by atoms with Gasteiger partial charge in [-0.2, -0.15) is 0 Å². The van der Waals surface area contributed by atoms with E-state index in [1.807, 2.05) is 24.3 Å². The highest BCUT2D eigenvalue weighted by Gasteiger charge is 2.24. The van der Waals surface area contributed by atoms with Crippen LogP contribution in [0, 0.1) is 0 Å². The summed E-state index contributed by atoms with van der Waals surface area (Å²) in [6.07, 6.45) is 4.59. The van der Waals surface area contributed by atoms with E-state index < -0.39 is 0 Å². The second-order valence-electron chi connectivity index (χ2n) is 6.13. The normalized spacial score (nSPS) is 13.9. The summed E-state index contributed by atoms with van der Waals surface area (Å²) < 4.78 is 10.5. The van der Waals surface area contributed by atoms with Crippen molar-refractivity contribution < 1.29 is 19.1 Å². The van der Waals surface area contributed by atoms with E-state index in [9.17, 15) is 9.59 Å². The molecule has 0 bridgehead atoms. The minimum Gasteiger partial charge on any atom is -0.497 e. The molecule has 0 spiro atoms. The van der Waals surface area contributed by atoms with Crippen molar-refractivity contribution in [2.45, 2.75) is 12.8 Å². The standard InChI is InChI=1S/C21H22N2O4/c1-26-17-9-5-15(6-10-17)7-12-20(24)22-16-8-11-18(19(14-16)27-2)23-13-3-4-21(23)25/h5-12,14H,3-4,13H2,1-2H3,(H,22,24)/b12-7+. The van der Waals surface area contributed by atoms with Crippen LogP contribution in [0.3, 0.4) is 0 Å². The van der Waals surface area contributed by atoms with Gasteiger partial charge >= 0.3 is 0 Å². The van der Waals surface area contributed by atoms with E-state index in [1.165, 1.54) is 6.08 Å². The van der Waals surface area contributed by atoms with Crippen LogP contribution in [0.15, 0.2) is 48.5 Å². The molecule has 1 fully saturated rings. The molecule has 0 saturated carbocycles. The van der Waals surface area contributed by atoms with Crippen molar-refractivity contribution in [1.82, 2.24) is 0 Å². The Hall–Kier alpha value is -3.28. The van der Waals surface area contributed by atoms with Gasteiger partial charge in [0.25, 0.3) is 0 Å². The zero-order valence-corrected chi connectivity index (χ0v) is 15.4. The Labute approximate surface area is 158 Å². The van der Waals surface area contributed by atoms with Crippen molar-refractivity contribution in [1.29, 1.82) is 0 Å². The highest BCUT2D eigenvalue weighted by Crippen LogP contribution is 2.33. The van der Waals surface area contributed by atoms with E-state index in [-0.39, 0.29) is 11.8 Å². The Morgan fingerprint density at radius 2 is 1.89 bits per heavy atom. The topological polar surface area (TPSA) is 67.9 Å². The van der Waals surface area contributed by atoms with E-state index in [4.69, 9.17) is 9.47 Å². The molecule has 1 aliphatic heterocycles. The monoisotopic (exact) mass is 366 g/mol. The fraction of sp³-hybridized carbons (Fsp3) is 0.238. The summed E-state index contributed by atoms with van der Waals surface area (Å²) >= 11 is 0. The smallest absolute Gasteiger partial charge is 0.248 e. The number of hydrogen-bond donors (Lipinski definition) is 1. The number of carbonyl (C=O) groups is 2. The first-order valence-electron chi connectivity index (χ1n) is 8.72. The van der Waals surface area contributed by atoms with Crippen molar-refractivity contribution in [2.24, 2.45) is 0 Å². The van der Waals surface area contributed by atoms with Gasteiger partial charge < -0.3 is 19.7 Å². The molecule has 0 aliphatic carbocycles. The van der Waals surface area contributed by atoms with Crippen LogP contribution in [0.5, 0.6) is 11.5 Å². The van der Waals surface area contributed by atoms with Crippen LogP contribution in [-0.4, -0.2) is 32.6 Å². The number of carbonyl (C=O) groups excluding carboxylic acids is 2. The lowest BCUT2D eigenvalue weighted by molar-refractivity contribution is -0.117. The summed E-state index contributed by atoms with van der Waals surface area (Å²) in [5.74, 6) is 1.16. The maximum absolute atomic E-state index is 12.2. The quantitative estimate of drug-likeness (QED) is 0.795. The largest absolute Gasteiger partial charge is 0.497 e. The minimum atomic E-state index is -0.252. The van der Waals surface area contributed by atoms with Crippen LogP contribution in [0.25, 0.3) is 6.08 Å². The van der Waals surface area contributed by atoms with Crippen molar-refractivity contribution in [3.63, 3.8) is 0 Å². The Morgan fingerprint density at radius 1 is 1.11 bits per heavy atom. The molecule has 0 atom stereocenters. The Bertz CT molecular complexity index is 859. The van der Waals surface area contributed by atoms with E-state index >= 15 is 0 Å². The van der Waals surface area contributed by atoms with E-state index in [0.717, 1.165) is 23.4 Å². The van der Waals surface area contributed by atoms with Crippen molar-refractivity contribution in [3.8, 4) is 11.5 Å². The van der Waals surface area contributed by atoms with Gasteiger partial charge in [-0.3, -0.25) is 9.59 Å². The predicted octanol–water partition coefficient (Wildman–Crippen LogP) is 3.48. The van der Waals surface area contributed by atoms with Crippen molar-refractivity contribution in [2.75, 3.05) is 31.0 Å². The molecule has 1 N–H and O–H groups in total. The number of nitrogens with one attached hydrogen (secondary N) is 1. The third-order valence-electron chi connectivity index (χ3n) is 4.35. The number of methoxy groups -OCH3 is 2. The number of hydrogen-bond acceptors (Lipinski definition) is 4. The average molecular weight is 366 g/mol. The number of anilines is 2. The second kappa shape index (κ2) is 8.40. The molecule has 27 heavy (non-hydrogen) atoms. The zero-order valence-electron chi connectivity index (χ0n) is 15.4. The SMILES string of the molecule is COc1ccc(/C=C/C(=O)Nc2ccc(N3CCCC3=O)c(OC)c2)cc1. The Balaban J connectivity index is 1.68. The summed E-state index contributed by atoms with van der Waals surface area (Å²) in [6.45, 7) is 0.686. The summed E-state index contributed by atoms with van der Waals surface area (Å²) in [4.78, 5) is 25.8. The Kier molecular flexibility index (Phi) is 5.76. The molecular weight excluding hydrogens is 344 g/mol. The average Bonchev–Trinajstić information content (AvgIpc) is 3.12. The van der Waals surface area contributed by atoms with E-state index in [1.54, 1.807) is 43.4 Å². The van der Waals surface area contributed by atoms with E-state index in [2.05, 4.69) is 5.32 Å². The summed E-state index contributed by atoms with van der Waals surface area (Å²) in [7, 11) is 3.16. The number of amides is 2. The maximum atomic E-state index is 12.2. The molecule has 0 radical (unpaired) electrons. The molecule has 2 aromatic carbocycles. The molecule has 140 valence electrons. The molecule has 6 nitrogen and oxygen atoms in total. The first kappa shape index (κ1) is 18.5. The second-order valence-corrected chi connectivity index (χ2v) is 6.13. The first-order valence-corrected chi connectivity index (χ1v) is 8.72. The van der Waals surface area contributed by atoms with Crippen LogP contribution in [0.4, 0.5) is 11.4 Å². The summed E-state index contributed by atoms with van der Waals surface area (Å²) in [5, 5.41) is 2.80. The van der Waals surface area contributed by atoms with Crippen LogP contribution in [0.2, 0.25) is 0 Å². The molecule has 1 heterocycles. The first-order chi connectivity index (χ1) is 13.1. The van der Waals surface area contributed by atoms with Gasteiger partial charge in [-0.05, 0) is 42.3 Å². The summed E-state index contributed by atoms with van der Waals surface area (Å²) in [6, 6.07) is 12.7. The van der Waals surface area contributed by atoms with E-state index in [0.29, 0.717) is 24.4 Å². The molecule has 0 aromatic heterocycles. The van der Waals surface area contributed by atoms with Crippen molar-refractivity contribution in [3.05, 3.63) is 54.1 Å². The number of rotatable bonds is 6. The van der Waals surface area contributed by atoms with Gasteiger partial charge in [0, 0.05) is 30.8 Å². The van der Waals surface area contributed by atoms with Gasteiger partial charge in [0.1, 0.15) is 11.5 Å². The molecular formula is C21H22N2O4. The minimum absolute atomic E-state index is 0.0903. The highest BCUT2D eigenvalue weighted by molar-refractivity contribution is 6.02. The van der Waals surface area contributed by atoms with Gasteiger partial charge in [0.2, 0.25) is 11.8 Å². The number of benzene rings is 2. The molecule has 1 saturated heterocycles. The van der Waals surface area contributed by atoms with Gasteiger partial charge in [0.05, 0.1) is 19.9 Å². The lowest BCUT2D eigenvalue weighted by Crippen LogP contribution is -2.24. The summed E-state index contributed by atoms with van der Waals surface area (Å²) in [5.41, 5.74) is 2.23. The fourth-order valence-electron chi connectivity index (χ4n) is 2.95. The van der Waals surface area contributed by atoms with Gasteiger partial charge in [0.15, 0.2) is 0 Å². The van der Waals surface area contributed by atoms with Crippen LogP contribution >= 0.6 is 0 Å². The lowest BCUT2D eigenvalue weighted by atomic mass is 10.2. The van der Waals surface area contributed by atoms with Crippen LogP contribution in [-0.2, 0) is 9.59 Å². The van der Waals surface area contributed by atoms with Gasteiger partial charge in [-0.25, -0.2) is 0 Å². The molecule has 2 amide bonds. The molecule has 2 aromatic rings. The van der Waals surface area contributed by atoms with Crippen LogP contribution < -0.4 is 19.7 Å². The van der Waals surface area contributed by atoms with Crippen LogP contribution in [0.1, 0.15) is 18.4 Å². The van der Waals surface area contributed by atoms with Crippen molar-refractivity contribution >= 4 is 29.3 Å². The highest BCUT2D eigenvalue weighted by atomic mass is 16.5. The fourth-order valence-corrected chi connectivity index (χ4v) is 2.95. The third-order valence-corrected chi connectivity index (χ3v) is 4.35. The zero-order chi connectivity index (χ0) is 19.2. The Morgan fingerprint density at radius 3 is 2.52 bits per heavy atom.